The topological polar surface area (TPSA) is 38.5 Å². The molecular formula is C13H18F2N2O. The highest BCUT2D eigenvalue weighted by Gasteiger charge is 2.22. The molecule has 1 aromatic carbocycles. The summed E-state index contributed by atoms with van der Waals surface area (Å²) >= 11 is 0. The summed E-state index contributed by atoms with van der Waals surface area (Å²) in [6.45, 7) is 3.69. The predicted molar refractivity (Wildman–Crippen MR) is 65.4 cm³/mol. The first-order valence-corrected chi connectivity index (χ1v) is 6.16. The van der Waals surface area contributed by atoms with Crippen molar-refractivity contribution in [2.24, 2.45) is 5.73 Å². The molecule has 1 aromatic rings. The lowest BCUT2D eigenvalue weighted by Gasteiger charge is -2.30. The van der Waals surface area contributed by atoms with Crippen LogP contribution in [0.15, 0.2) is 18.2 Å². The van der Waals surface area contributed by atoms with Crippen LogP contribution in [0.25, 0.3) is 0 Å². The molecule has 0 radical (unpaired) electrons. The molecule has 3 nitrogen and oxygen atoms in total. The molecule has 1 unspecified atom stereocenters. The number of ether oxygens (including phenoxy) is 1. The molecule has 1 fully saturated rings. The summed E-state index contributed by atoms with van der Waals surface area (Å²) in [7, 11) is 0. The summed E-state index contributed by atoms with van der Waals surface area (Å²) in [5, 5.41) is 0. The van der Waals surface area contributed by atoms with Crippen LogP contribution in [0.1, 0.15) is 11.5 Å². The van der Waals surface area contributed by atoms with Gasteiger partial charge in [-0.25, -0.2) is 8.78 Å². The fourth-order valence-electron chi connectivity index (χ4n) is 2.28. The zero-order valence-corrected chi connectivity index (χ0v) is 10.2. The Kier molecular flexibility index (Phi) is 4.63. The van der Waals surface area contributed by atoms with Crippen LogP contribution in [-0.2, 0) is 4.74 Å². The average molecular weight is 256 g/mol. The van der Waals surface area contributed by atoms with E-state index in [2.05, 4.69) is 4.90 Å². The average Bonchev–Trinajstić information content (AvgIpc) is 2.38. The van der Waals surface area contributed by atoms with Crippen LogP contribution in [0.5, 0.6) is 0 Å². The van der Waals surface area contributed by atoms with Gasteiger partial charge in [0.1, 0.15) is 11.6 Å². The van der Waals surface area contributed by atoms with Crippen molar-refractivity contribution in [2.45, 2.75) is 5.92 Å². The van der Waals surface area contributed by atoms with Crippen LogP contribution in [-0.4, -0.2) is 44.3 Å². The predicted octanol–water partition coefficient (Wildman–Crippen LogP) is 1.34. The summed E-state index contributed by atoms with van der Waals surface area (Å²) in [5.74, 6) is -1.35. The lowest BCUT2D eigenvalue weighted by Crippen LogP contribution is -2.40. The number of nitrogens with two attached hydrogens (primary N) is 1. The van der Waals surface area contributed by atoms with Crippen LogP contribution in [0, 0.1) is 11.6 Å². The van der Waals surface area contributed by atoms with Gasteiger partial charge in [-0.05, 0) is 12.1 Å². The van der Waals surface area contributed by atoms with Gasteiger partial charge in [-0.15, -0.1) is 0 Å². The molecule has 0 aromatic heterocycles. The van der Waals surface area contributed by atoms with Crippen molar-refractivity contribution in [2.75, 3.05) is 39.4 Å². The van der Waals surface area contributed by atoms with Gasteiger partial charge in [0.05, 0.1) is 13.2 Å². The molecule has 0 amide bonds. The van der Waals surface area contributed by atoms with E-state index in [0.29, 0.717) is 19.8 Å². The molecule has 1 aliphatic rings. The van der Waals surface area contributed by atoms with E-state index in [1.807, 2.05) is 0 Å². The van der Waals surface area contributed by atoms with Crippen molar-refractivity contribution in [1.82, 2.24) is 4.90 Å². The number of hydrogen-bond donors (Lipinski definition) is 1. The Morgan fingerprint density at radius 2 is 1.83 bits per heavy atom. The maximum absolute atomic E-state index is 13.7. The van der Waals surface area contributed by atoms with E-state index >= 15 is 0 Å². The third-order valence-corrected chi connectivity index (χ3v) is 3.27. The fraction of sp³-hybridized carbons (Fsp3) is 0.538. The first-order chi connectivity index (χ1) is 8.72. The first-order valence-electron chi connectivity index (χ1n) is 6.16. The second-order valence-electron chi connectivity index (χ2n) is 4.48. The van der Waals surface area contributed by atoms with Gasteiger partial charge in [-0.1, -0.05) is 6.07 Å². The Morgan fingerprint density at radius 3 is 2.39 bits per heavy atom. The van der Waals surface area contributed by atoms with Gasteiger partial charge in [0, 0.05) is 37.7 Å². The Balaban J connectivity index is 2.12. The SMILES string of the molecule is NCC(CN1CCOCC1)c1c(F)cccc1F. The normalized spacial score (nSPS) is 18.8. The lowest BCUT2D eigenvalue weighted by atomic mass is 9.97. The Morgan fingerprint density at radius 1 is 1.22 bits per heavy atom. The van der Waals surface area contributed by atoms with Crippen LogP contribution in [0.3, 0.4) is 0 Å². The van der Waals surface area contributed by atoms with Crippen molar-refractivity contribution < 1.29 is 13.5 Å². The molecule has 1 heterocycles. The van der Waals surface area contributed by atoms with Crippen LogP contribution < -0.4 is 5.73 Å². The van der Waals surface area contributed by atoms with Gasteiger partial charge < -0.3 is 10.5 Å². The summed E-state index contributed by atoms with van der Waals surface area (Å²) in [6.07, 6.45) is 0. The van der Waals surface area contributed by atoms with Crippen molar-refractivity contribution in [3.63, 3.8) is 0 Å². The van der Waals surface area contributed by atoms with Crippen molar-refractivity contribution in [1.29, 1.82) is 0 Å². The monoisotopic (exact) mass is 256 g/mol. The van der Waals surface area contributed by atoms with Crippen LogP contribution in [0.4, 0.5) is 8.78 Å². The molecule has 100 valence electrons. The molecule has 1 atom stereocenters. The molecule has 2 rings (SSSR count). The zero-order chi connectivity index (χ0) is 13.0. The van der Waals surface area contributed by atoms with Gasteiger partial charge in [-0.3, -0.25) is 4.90 Å². The van der Waals surface area contributed by atoms with Crippen molar-refractivity contribution in [3.05, 3.63) is 35.4 Å². The molecular weight excluding hydrogens is 238 g/mol. The number of benzene rings is 1. The van der Waals surface area contributed by atoms with E-state index in [9.17, 15) is 8.78 Å². The molecule has 1 aliphatic heterocycles. The third-order valence-electron chi connectivity index (χ3n) is 3.27. The maximum Gasteiger partial charge on any atom is 0.129 e. The van der Waals surface area contributed by atoms with Gasteiger partial charge >= 0.3 is 0 Å². The summed E-state index contributed by atoms with van der Waals surface area (Å²) in [5.41, 5.74) is 5.77. The molecule has 0 saturated carbocycles. The molecule has 18 heavy (non-hydrogen) atoms. The zero-order valence-electron chi connectivity index (χ0n) is 10.2. The van der Waals surface area contributed by atoms with Gasteiger partial charge in [-0.2, -0.15) is 0 Å². The first kappa shape index (κ1) is 13.4. The number of morpholine rings is 1. The summed E-state index contributed by atoms with van der Waals surface area (Å²) < 4.78 is 32.7. The lowest BCUT2D eigenvalue weighted by molar-refractivity contribution is 0.0350. The van der Waals surface area contributed by atoms with Crippen LogP contribution in [0.2, 0.25) is 0 Å². The maximum atomic E-state index is 13.7. The number of rotatable bonds is 4. The van der Waals surface area contributed by atoms with E-state index in [0.717, 1.165) is 13.1 Å². The molecule has 0 spiro atoms. The summed E-state index contributed by atoms with van der Waals surface area (Å²) in [6, 6.07) is 3.93. The number of hydrogen-bond acceptors (Lipinski definition) is 3. The van der Waals surface area contributed by atoms with E-state index in [1.54, 1.807) is 0 Å². The fourth-order valence-corrected chi connectivity index (χ4v) is 2.28. The Hall–Kier alpha value is -1.04. The quantitative estimate of drug-likeness (QED) is 0.883. The van der Waals surface area contributed by atoms with E-state index in [-0.39, 0.29) is 18.0 Å². The van der Waals surface area contributed by atoms with Crippen LogP contribution >= 0.6 is 0 Å². The van der Waals surface area contributed by atoms with Crippen molar-refractivity contribution in [3.8, 4) is 0 Å². The van der Waals surface area contributed by atoms with Gasteiger partial charge in [0.15, 0.2) is 0 Å². The number of halogens is 2. The summed E-state index contributed by atoms with van der Waals surface area (Å²) in [4.78, 5) is 2.13. The van der Waals surface area contributed by atoms with Gasteiger partial charge in [0.25, 0.3) is 0 Å². The van der Waals surface area contributed by atoms with E-state index in [1.165, 1.54) is 18.2 Å². The largest absolute Gasteiger partial charge is 0.379 e. The molecule has 5 heteroatoms. The highest BCUT2D eigenvalue weighted by atomic mass is 19.1. The second-order valence-corrected chi connectivity index (χ2v) is 4.48. The standard InChI is InChI=1S/C13H18F2N2O/c14-11-2-1-3-12(15)13(11)10(8-16)9-17-4-6-18-7-5-17/h1-3,10H,4-9,16H2. The third kappa shape index (κ3) is 3.04. The molecule has 0 aliphatic carbocycles. The Bertz CT molecular complexity index is 374. The molecule has 2 N–H and O–H groups in total. The minimum absolute atomic E-state index is 0.103. The molecule has 1 saturated heterocycles. The number of nitrogens with zero attached hydrogens (tertiary/aromatic N) is 1. The highest BCUT2D eigenvalue weighted by Crippen LogP contribution is 2.23. The highest BCUT2D eigenvalue weighted by molar-refractivity contribution is 5.24. The minimum atomic E-state index is -0.515. The molecule has 0 bridgehead atoms. The van der Waals surface area contributed by atoms with Crippen molar-refractivity contribution >= 4 is 0 Å². The van der Waals surface area contributed by atoms with E-state index < -0.39 is 11.6 Å². The smallest absolute Gasteiger partial charge is 0.129 e. The van der Waals surface area contributed by atoms with E-state index in [4.69, 9.17) is 10.5 Å². The second kappa shape index (κ2) is 6.22. The Labute approximate surface area is 106 Å². The minimum Gasteiger partial charge on any atom is -0.379 e. The van der Waals surface area contributed by atoms with Gasteiger partial charge in [0.2, 0.25) is 0 Å².